The number of anilines is 2. The number of thioether (sulfide) groups is 1. The molecule has 1 aromatic heterocycles. The maximum Gasteiger partial charge on any atom is 0.324 e. The minimum absolute atomic E-state index is 0.276. The summed E-state index contributed by atoms with van der Waals surface area (Å²) in [6.45, 7) is 0. The summed E-state index contributed by atoms with van der Waals surface area (Å²) in [6, 6.07) is 9.77. The molecule has 6 nitrogen and oxygen atoms in total. The van der Waals surface area contributed by atoms with Gasteiger partial charge in [0.05, 0.1) is 0 Å². The van der Waals surface area contributed by atoms with Gasteiger partial charge in [0, 0.05) is 16.6 Å². The SMILES string of the molecule is CSc1cccc(NC(=O)Nc2ccc(=O)[nH]n2)c1. The van der Waals surface area contributed by atoms with Crippen molar-refractivity contribution < 1.29 is 4.79 Å². The highest BCUT2D eigenvalue weighted by Gasteiger charge is 2.04. The van der Waals surface area contributed by atoms with Crippen LogP contribution in [-0.4, -0.2) is 22.5 Å². The second kappa shape index (κ2) is 6.05. The summed E-state index contributed by atoms with van der Waals surface area (Å²) in [5.74, 6) is 0.276. The lowest BCUT2D eigenvalue weighted by Crippen LogP contribution is -2.21. The van der Waals surface area contributed by atoms with Crippen molar-refractivity contribution in [3.05, 3.63) is 46.8 Å². The van der Waals surface area contributed by atoms with E-state index in [1.165, 1.54) is 12.1 Å². The number of aromatic nitrogens is 2. The standard InChI is InChI=1S/C12H12N4O2S/c1-19-9-4-2-3-8(7-9)13-12(18)14-10-5-6-11(17)16-15-10/h2-7H,1H3,(H,16,17)(H2,13,14,15,18). The van der Waals surface area contributed by atoms with Crippen LogP contribution in [0, 0.1) is 0 Å². The summed E-state index contributed by atoms with van der Waals surface area (Å²) in [5, 5.41) is 11.1. The molecule has 19 heavy (non-hydrogen) atoms. The van der Waals surface area contributed by atoms with Crippen molar-refractivity contribution in [2.24, 2.45) is 0 Å². The van der Waals surface area contributed by atoms with Crippen LogP contribution < -0.4 is 16.2 Å². The summed E-state index contributed by atoms with van der Waals surface area (Å²) in [7, 11) is 0. The lowest BCUT2D eigenvalue weighted by atomic mass is 10.3. The van der Waals surface area contributed by atoms with E-state index in [1.807, 2.05) is 24.5 Å². The van der Waals surface area contributed by atoms with Crippen molar-refractivity contribution in [1.82, 2.24) is 10.2 Å². The number of amides is 2. The van der Waals surface area contributed by atoms with Crippen molar-refractivity contribution in [2.75, 3.05) is 16.9 Å². The number of carbonyl (C=O) groups is 1. The van der Waals surface area contributed by atoms with Crippen LogP contribution in [0.25, 0.3) is 0 Å². The summed E-state index contributed by atoms with van der Waals surface area (Å²) in [6.07, 6.45) is 1.96. The van der Waals surface area contributed by atoms with E-state index in [9.17, 15) is 9.59 Å². The lowest BCUT2D eigenvalue weighted by molar-refractivity contribution is 0.262. The van der Waals surface area contributed by atoms with Gasteiger partial charge in [0.25, 0.3) is 5.56 Å². The molecule has 0 aliphatic rings. The van der Waals surface area contributed by atoms with Crippen LogP contribution in [0.1, 0.15) is 0 Å². The quantitative estimate of drug-likeness (QED) is 0.749. The number of urea groups is 1. The topological polar surface area (TPSA) is 86.9 Å². The minimum Gasteiger partial charge on any atom is -0.308 e. The van der Waals surface area contributed by atoms with Gasteiger partial charge in [0.2, 0.25) is 0 Å². The van der Waals surface area contributed by atoms with Crippen LogP contribution in [0.2, 0.25) is 0 Å². The number of hydrogen-bond acceptors (Lipinski definition) is 4. The molecule has 0 aliphatic carbocycles. The molecular formula is C12H12N4O2S. The zero-order valence-corrected chi connectivity index (χ0v) is 11.0. The second-order valence-electron chi connectivity index (χ2n) is 3.62. The highest BCUT2D eigenvalue weighted by atomic mass is 32.2. The first-order chi connectivity index (χ1) is 9.17. The molecule has 2 rings (SSSR count). The molecule has 0 spiro atoms. The molecule has 2 amide bonds. The number of benzene rings is 1. The predicted octanol–water partition coefficient (Wildman–Crippen LogP) is 2.14. The average Bonchev–Trinajstić information content (AvgIpc) is 2.41. The van der Waals surface area contributed by atoms with E-state index in [4.69, 9.17) is 0 Å². The summed E-state index contributed by atoms with van der Waals surface area (Å²) < 4.78 is 0. The van der Waals surface area contributed by atoms with Crippen LogP contribution in [0.4, 0.5) is 16.3 Å². The Morgan fingerprint density at radius 3 is 2.79 bits per heavy atom. The molecule has 0 aliphatic heterocycles. The van der Waals surface area contributed by atoms with E-state index in [0.29, 0.717) is 5.69 Å². The smallest absolute Gasteiger partial charge is 0.308 e. The Bertz CT molecular complexity index is 621. The highest BCUT2D eigenvalue weighted by molar-refractivity contribution is 7.98. The van der Waals surface area contributed by atoms with Gasteiger partial charge >= 0.3 is 6.03 Å². The van der Waals surface area contributed by atoms with Crippen LogP contribution in [0.15, 0.2) is 46.1 Å². The Morgan fingerprint density at radius 2 is 2.11 bits per heavy atom. The van der Waals surface area contributed by atoms with Gasteiger partial charge in [0.1, 0.15) is 0 Å². The van der Waals surface area contributed by atoms with Crippen LogP contribution in [-0.2, 0) is 0 Å². The Morgan fingerprint density at radius 1 is 1.26 bits per heavy atom. The first-order valence-corrected chi connectivity index (χ1v) is 6.67. The maximum absolute atomic E-state index is 11.7. The van der Waals surface area contributed by atoms with Gasteiger partial charge in [0.15, 0.2) is 5.82 Å². The van der Waals surface area contributed by atoms with Gasteiger partial charge in [-0.15, -0.1) is 11.8 Å². The Labute approximate surface area is 113 Å². The third-order valence-electron chi connectivity index (χ3n) is 2.25. The van der Waals surface area contributed by atoms with E-state index in [2.05, 4.69) is 20.8 Å². The molecule has 98 valence electrons. The van der Waals surface area contributed by atoms with Gasteiger partial charge < -0.3 is 5.32 Å². The molecule has 0 saturated heterocycles. The van der Waals surface area contributed by atoms with Crippen molar-refractivity contribution >= 4 is 29.3 Å². The number of aromatic amines is 1. The summed E-state index contributed by atoms with van der Waals surface area (Å²) >= 11 is 1.59. The number of nitrogens with one attached hydrogen (secondary N) is 3. The van der Waals surface area contributed by atoms with Crippen molar-refractivity contribution in [1.29, 1.82) is 0 Å². The summed E-state index contributed by atoms with van der Waals surface area (Å²) in [5.41, 5.74) is 0.368. The number of rotatable bonds is 3. The molecule has 0 unspecified atom stereocenters. The fourth-order valence-electron chi connectivity index (χ4n) is 1.39. The maximum atomic E-state index is 11.7. The monoisotopic (exact) mass is 276 g/mol. The van der Waals surface area contributed by atoms with Crippen molar-refractivity contribution in [3.8, 4) is 0 Å². The minimum atomic E-state index is -0.419. The van der Waals surface area contributed by atoms with Crippen LogP contribution >= 0.6 is 11.8 Å². The third-order valence-corrected chi connectivity index (χ3v) is 2.97. The number of H-pyrrole nitrogens is 1. The molecule has 2 aromatic rings. The van der Waals surface area contributed by atoms with Gasteiger partial charge in [-0.25, -0.2) is 9.89 Å². The van der Waals surface area contributed by atoms with E-state index < -0.39 is 6.03 Å². The first-order valence-electron chi connectivity index (χ1n) is 5.45. The zero-order chi connectivity index (χ0) is 13.7. The van der Waals surface area contributed by atoms with Crippen molar-refractivity contribution in [3.63, 3.8) is 0 Å². The highest BCUT2D eigenvalue weighted by Crippen LogP contribution is 2.18. The third kappa shape index (κ3) is 3.85. The van der Waals surface area contributed by atoms with E-state index in [0.717, 1.165) is 4.90 Å². The number of nitrogens with zero attached hydrogens (tertiary/aromatic N) is 1. The Hall–Kier alpha value is -2.28. The molecule has 3 N–H and O–H groups in total. The molecule has 0 fully saturated rings. The second-order valence-corrected chi connectivity index (χ2v) is 4.50. The molecule has 1 heterocycles. The zero-order valence-electron chi connectivity index (χ0n) is 10.1. The largest absolute Gasteiger partial charge is 0.324 e. The molecule has 0 radical (unpaired) electrons. The van der Waals surface area contributed by atoms with Crippen LogP contribution in [0.5, 0.6) is 0 Å². The number of hydrogen-bond donors (Lipinski definition) is 3. The van der Waals surface area contributed by atoms with Crippen molar-refractivity contribution in [2.45, 2.75) is 4.90 Å². The molecular weight excluding hydrogens is 264 g/mol. The lowest BCUT2D eigenvalue weighted by Gasteiger charge is -2.07. The first kappa shape index (κ1) is 13.2. The normalized spacial score (nSPS) is 9.95. The molecule has 0 bridgehead atoms. The van der Waals surface area contributed by atoms with Crippen LogP contribution in [0.3, 0.4) is 0 Å². The fraction of sp³-hybridized carbons (Fsp3) is 0.0833. The van der Waals surface area contributed by atoms with Gasteiger partial charge in [-0.1, -0.05) is 6.07 Å². The van der Waals surface area contributed by atoms with Gasteiger partial charge in [-0.2, -0.15) is 5.10 Å². The fourth-order valence-corrected chi connectivity index (χ4v) is 1.85. The molecule has 7 heteroatoms. The van der Waals surface area contributed by atoms with Gasteiger partial charge in [-0.3, -0.25) is 10.1 Å². The van der Waals surface area contributed by atoms with Gasteiger partial charge in [-0.05, 0) is 30.5 Å². The molecule has 1 aromatic carbocycles. The number of carbonyl (C=O) groups excluding carboxylic acids is 1. The van der Waals surface area contributed by atoms with E-state index in [-0.39, 0.29) is 11.4 Å². The molecule has 0 atom stereocenters. The summed E-state index contributed by atoms with van der Waals surface area (Å²) in [4.78, 5) is 23.6. The Kier molecular flexibility index (Phi) is 4.19. The average molecular weight is 276 g/mol. The predicted molar refractivity (Wildman–Crippen MR) is 75.7 cm³/mol. The Balaban J connectivity index is 2.00. The van der Waals surface area contributed by atoms with E-state index in [1.54, 1.807) is 17.8 Å². The van der Waals surface area contributed by atoms with E-state index >= 15 is 0 Å². The molecule has 0 saturated carbocycles.